The first kappa shape index (κ1) is 11.5. The normalized spacial score (nSPS) is 18.5. The fraction of sp³-hybridized carbons (Fsp3) is 0.900. The van der Waals surface area contributed by atoms with Gasteiger partial charge in [-0.3, -0.25) is 9.63 Å². The average Bonchev–Trinajstić information content (AvgIpc) is 2.18. The molecule has 0 aliphatic carbocycles. The number of amides is 1. The number of ether oxygens (including phenoxy) is 1. The number of hydrogen-bond donors (Lipinski definition) is 1. The second-order valence-electron chi connectivity index (χ2n) is 4.06. The molecular weight excluding hydrogens is 182 g/mol. The Kier molecular flexibility index (Phi) is 4.90. The fourth-order valence-electron chi connectivity index (χ4n) is 1.32. The molecule has 0 aromatic rings. The molecule has 0 spiro atoms. The van der Waals surface area contributed by atoms with Gasteiger partial charge in [0.05, 0.1) is 6.61 Å². The summed E-state index contributed by atoms with van der Waals surface area (Å²) in [5.41, 5.74) is 2.49. The van der Waals surface area contributed by atoms with Gasteiger partial charge in [-0.05, 0) is 18.8 Å². The van der Waals surface area contributed by atoms with Crippen molar-refractivity contribution in [1.82, 2.24) is 5.48 Å². The van der Waals surface area contributed by atoms with E-state index in [1.165, 1.54) is 0 Å². The summed E-state index contributed by atoms with van der Waals surface area (Å²) in [6.45, 7) is 6.01. The first-order valence-corrected chi connectivity index (χ1v) is 5.19. The van der Waals surface area contributed by atoms with Gasteiger partial charge in [0.25, 0.3) is 0 Å². The maximum absolute atomic E-state index is 11.5. The lowest BCUT2D eigenvalue weighted by molar-refractivity contribution is -0.141. The van der Waals surface area contributed by atoms with Gasteiger partial charge in [-0.15, -0.1) is 0 Å². The fourth-order valence-corrected chi connectivity index (χ4v) is 1.32. The van der Waals surface area contributed by atoms with Gasteiger partial charge in [-0.2, -0.15) is 0 Å². The highest BCUT2D eigenvalue weighted by Crippen LogP contribution is 2.14. The van der Waals surface area contributed by atoms with Crippen LogP contribution in [0.3, 0.4) is 0 Å². The Hall–Kier alpha value is -0.610. The largest absolute Gasteiger partial charge is 0.381 e. The molecule has 1 aliphatic rings. The molecule has 1 saturated heterocycles. The second kappa shape index (κ2) is 5.98. The summed E-state index contributed by atoms with van der Waals surface area (Å²) in [5, 5.41) is 0. The standard InChI is InChI=1S/C10H19NO3/c1-8(2)7-14-11-10(12)9-3-5-13-6-4-9/h8-9H,3-7H2,1-2H3,(H,11,12). The molecule has 0 bridgehead atoms. The molecule has 4 nitrogen and oxygen atoms in total. The molecule has 0 radical (unpaired) electrons. The third kappa shape index (κ3) is 4.07. The van der Waals surface area contributed by atoms with Gasteiger partial charge in [-0.25, -0.2) is 5.48 Å². The third-order valence-electron chi connectivity index (χ3n) is 2.18. The van der Waals surface area contributed by atoms with E-state index >= 15 is 0 Å². The highest BCUT2D eigenvalue weighted by Gasteiger charge is 2.21. The van der Waals surface area contributed by atoms with E-state index in [4.69, 9.17) is 9.57 Å². The SMILES string of the molecule is CC(C)CONC(=O)C1CCOCC1. The maximum atomic E-state index is 11.5. The lowest BCUT2D eigenvalue weighted by Gasteiger charge is -2.21. The number of nitrogens with one attached hydrogen (secondary N) is 1. The van der Waals surface area contributed by atoms with Crippen molar-refractivity contribution in [2.45, 2.75) is 26.7 Å². The van der Waals surface area contributed by atoms with Gasteiger partial charge in [0.15, 0.2) is 0 Å². The highest BCUT2D eigenvalue weighted by atomic mass is 16.7. The highest BCUT2D eigenvalue weighted by molar-refractivity contribution is 5.77. The summed E-state index contributed by atoms with van der Waals surface area (Å²) in [5.74, 6) is 0.495. The molecule has 0 aromatic heterocycles. The van der Waals surface area contributed by atoms with Crippen LogP contribution in [0.15, 0.2) is 0 Å². The van der Waals surface area contributed by atoms with Crippen molar-refractivity contribution < 1.29 is 14.4 Å². The molecule has 0 aromatic carbocycles. The molecule has 4 heteroatoms. The smallest absolute Gasteiger partial charge is 0.246 e. The van der Waals surface area contributed by atoms with Crippen LogP contribution in [0.5, 0.6) is 0 Å². The van der Waals surface area contributed by atoms with E-state index in [1.807, 2.05) is 13.8 Å². The molecule has 1 aliphatic heterocycles. The third-order valence-corrected chi connectivity index (χ3v) is 2.18. The molecule has 1 N–H and O–H groups in total. The number of hydroxylamine groups is 1. The molecule has 14 heavy (non-hydrogen) atoms. The van der Waals surface area contributed by atoms with Gasteiger partial charge >= 0.3 is 0 Å². The molecule has 0 saturated carbocycles. The van der Waals surface area contributed by atoms with Crippen LogP contribution < -0.4 is 5.48 Å². The van der Waals surface area contributed by atoms with Crippen LogP contribution in [0.2, 0.25) is 0 Å². The van der Waals surface area contributed by atoms with Gasteiger partial charge < -0.3 is 4.74 Å². The Morgan fingerprint density at radius 1 is 1.50 bits per heavy atom. The van der Waals surface area contributed by atoms with Crippen LogP contribution in [0.25, 0.3) is 0 Å². The summed E-state index contributed by atoms with van der Waals surface area (Å²) in [6.07, 6.45) is 1.60. The summed E-state index contributed by atoms with van der Waals surface area (Å²) in [4.78, 5) is 16.6. The lowest BCUT2D eigenvalue weighted by atomic mass is 10.00. The van der Waals surface area contributed by atoms with E-state index in [0.717, 1.165) is 12.8 Å². The summed E-state index contributed by atoms with van der Waals surface area (Å²) in [7, 11) is 0. The quantitative estimate of drug-likeness (QED) is 0.693. The zero-order chi connectivity index (χ0) is 10.4. The monoisotopic (exact) mass is 201 g/mol. The molecule has 1 amide bonds. The topological polar surface area (TPSA) is 47.6 Å². The van der Waals surface area contributed by atoms with Crippen LogP contribution in [-0.2, 0) is 14.4 Å². The lowest BCUT2D eigenvalue weighted by Crippen LogP contribution is -2.35. The molecule has 1 heterocycles. The predicted octanol–water partition coefficient (Wildman–Crippen LogP) is 1.12. The van der Waals surface area contributed by atoms with E-state index in [0.29, 0.717) is 25.7 Å². The number of carbonyl (C=O) groups excluding carboxylic acids is 1. The van der Waals surface area contributed by atoms with Gasteiger partial charge in [0.1, 0.15) is 0 Å². The van der Waals surface area contributed by atoms with E-state index in [-0.39, 0.29) is 11.8 Å². The Morgan fingerprint density at radius 3 is 2.71 bits per heavy atom. The molecule has 0 atom stereocenters. The predicted molar refractivity (Wildman–Crippen MR) is 52.5 cm³/mol. The van der Waals surface area contributed by atoms with Crippen LogP contribution in [-0.4, -0.2) is 25.7 Å². The van der Waals surface area contributed by atoms with Crippen LogP contribution >= 0.6 is 0 Å². The van der Waals surface area contributed by atoms with Crippen LogP contribution in [0, 0.1) is 11.8 Å². The molecule has 0 unspecified atom stereocenters. The Labute approximate surface area is 84.9 Å². The Balaban J connectivity index is 2.13. The van der Waals surface area contributed by atoms with Crippen LogP contribution in [0.1, 0.15) is 26.7 Å². The minimum absolute atomic E-state index is 0.00560. The minimum Gasteiger partial charge on any atom is -0.381 e. The van der Waals surface area contributed by atoms with Crippen molar-refractivity contribution in [3.05, 3.63) is 0 Å². The van der Waals surface area contributed by atoms with E-state index in [2.05, 4.69) is 5.48 Å². The number of rotatable bonds is 4. The van der Waals surface area contributed by atoms with Crippen molar-refractivity contribution >= 4 is 5.91 Å². The van der Waals surface area contributed by atoms with Crippen molar-refractivity contribution in [3.63, 3.8) is 0 Å². The van der Waals surface area contributed by atoms with E-state index < -0.39 is 0 Å². The van der Waals surface area contributed by atoms with Crippen molar-refractivity contribution in [1.29, 1.82) is 0 Å². The number of hydrogen-bond acceptors (Lipinski definition) is 3. The second-order valence-corrected chi connectivity index (χ2v) is 4.06. The van der Waals surface area contributed by atoms with E-state index in [9.17, 15) is 4.79 Å². The maximum Gasteiger partial charge on any atom is 0.246 e. The molecule has 1 fully saturated rings. The first-order chi connectivity index (χ1) is 6.70. The van der Waals surface area contributed by atoms with Crippen molar-refractivity contribution in [3.8, 4) is 0 Å². The summed E-state index contributed by atoms with van der Waals surface area (Å²) < 4.78 is 5.17. The zero-order valence-corrected chi connectivity index (χ0v) is 8.91. The molecule has 1 rings (SSSR count). The van der Waals surface area contributed by atoms with Crippen LogP contribution in [0.4, 0.5) is 0 Å². The van der Waals surface area contributed by atoms with Gasteiger partial charge in [-0.1, -0.05) is 13.8 Å². The zero-order valence-electron chi connectivity index (χ0n) is 8.91. The minimum atomic E-state index is -0.00560. The average molecular weight is 201 g/mol. The summed E-state index contributed by atoms with van der Waals surface area (Å²) >= 11 is 0. The van der Waals surface area contributed by atoms with Crippen molar-refractivity contribution in [2.24, 2.45) is 11.8 Å². The Morgan fingerprint density at radius 2 is 2.14 bits per heavy atom. The number of carbonyl (C=O) groups is 1. The molecular formula is C10H19NO3. The van der Waals surface area contributed by atoms with E-state index in [1.54, 1.807) is 0 Å². The molecule has 82 valence electrons. The first-order valence-electron chi connectivity index (χ1n) is 5.19. The van der Waals surface area contributed by atoms with Gasteiger partial charge in [0, 0.05) is 19.1 Å². The van der Waals surface area contributed by atoms with Crippen molar-refractivity contribution in [2.75, 3.05) is 19.8 Å². The summed E-state index contributed by atoms with van der Waals surface area (Å²) in [6, 6.07) is 0. The van der Waals surface area contributed by atoms with Gasteiger partial charge in [0.2, 0.25) is 5.91 Å². The Bertz CT molecular complexity index is 176.